The van der Waals surface area contributed by atoms with Crippen LogP contribution in [0, 0.1) is 0 Å². The molecule has 0 saturated carbocycles. The Hall–Kier alpha value is -2.47. The molecule has 2 aromatic rings. The first-order chi connectivity index (χ1) is 10.1. The van der Waals surface area contributed by atoms with Gasteiger partial charge in [-0.2, -0.15) is 0 Å². The molecule has 1 aliphatic heterocycles. The van der Waals surface area contributed by atoms with Crippen LogP contribution in [0.5, 0.6) is 0 Å². The summed E-state index contributed by atoms with van der Waals surface area (Å²) in [6, 6.07) is 10.0. The molecule has 0 radical (unpaired) electrons. The monoisotopic (exact) mass is 301 g/mol. The minimum Gasteiger partial charge on any atom is -0.329 e. The summed E-state index contributed by atoms with van der Waals surface area (Å²) in [5.41, 5.74) is 0.498. The molecule has 0 aliphatic carbocycles. The number of amides is 2. The van der Waals surface area contributed by atoms with Gasteiger partial charge in [-0.3, -0.25) is 9.59 Å². The Kier molecular flexibility index (Phi) is 3.31. The first kappa shape index (κ1) is 13.5. The predicted octanol–water partition coefficient (Wildman–Crippen LogP) is 2.61. The van der Waals surface area contributed by atoms with Crippen LogP contribution in [-0.2, 0) is 9.63 Å². The quantitative estimate of drug-likeness (QED) is 0.817. The summed E-state index contributed by atoms with van der Waals surface area (Å²) in [7, 11) is 0. The topological polar surface area (TPSA) is 63.7 Å². The molecule has 0 spiro atoms. The lowest BCUT2D eigenvalue weighted by Crippen LogP contribution is -2.34. The van der Waals surface area contributed by atoms with Crippen molar-refractivity contribution in [3.05, 3.63) is 57.8 Å². The van der Waals surface area contributed by atoms with Crippen molar-refractivity contribution >= 4 is 29.1 Å². The molecular weight excluding hydrogens is 290 g/mol. The highest BCUT2D eigenvalue weighted by atomic mass is 32.1. The fourth-order valence-corrected chi connectivity index (χ4v) is 2.84. The van der Waals surface area contributed by atoms with Crippen molar-refractivity contribution in [2.75, 3.05) is 0 Å². The lowest BCUT2D eigenvalue weighted by Gasteiger charge is -2.15. The van der Waals surface area contributed by atoms with Crippen LogP contribution < -0.4 is 0 Å². The van der Waals surface area contributed by atoms with Crippen LogP contribution in [-0.4, -0.2) is 22.8 Å². The number of carbonyl (C=O) groups excluding carboxylic acids is 3. The van der Waals surface area contributed by atoms with E-state index in [0.717, 1.165) is 4.88 Å². The average molecular weight is 301 g/mol. The lowest BCUT2D eigenvalue weighted by atomic mass is 10.1. The van der Waals surface area contributed by atoms with E-state index in [2.05, 4.69) is 0 Å². The van der Waals surface area contributed by atoms with Crippen molar-refractivity contribution in [1.29, 1.82) is 0 Å². The number of carbonyl (C=O) groups is 3. The molecule has 6 heteroatoms. The molecule has 1 aromatic carbocycles. The summed E-state index contributed by atoms with van der Waals surface area (Å²) >= 11 is 1.42. The van der Waals surface area contributed by atoms with Crippen molar-refractivity contribution in [3.63, 3.8) is 0 Å². The van der Waals surface area contributed by atoms with Gasteiger partial charge in [0, 0.05) is 4.88 Å². The van der Waals surface area contributed by atoms with Crippen LogP contribution >= 0.6 is 11.3 Å². The molecule has 1 atom stereocenters. The van der Waals surface area contributed by atoms with Gasteiger partial charge in [-0.05, 0) is 30.5 Å². The van der Waals surface area contributed by atoms with E-state index in [1.807, 2.05) is 11.4 Å². The van der Waals surface area contributed by atoms with Gasteiger partial charge in [0.25, 0.3) is 11.8 Å². The number of hydroxylamine groups is 2. The van der Waals surface area contributed by atoms with Crippen molar-refractivity contribution in [1.82, 2.24) is 5.06 Å². The fourth-order valence-electron chi connectivity index (χ4n) is 2.07. The van der Waals surface area contributed by atoms with Gasteiger partial charge in [-0.1, -0.05) is 23.3 Å². The summed E-state index contributed by atoms with van der Waals surface area (Å²) in [5.74, 6) is -2.38. The third kappa shape index (κ3) is 2.23. The molecule has 5 nitrogen and oxygen atoms in total. The van der Waals surface area contributed by atoms with Gasteiger partial charge in [0.2, 0.25) is 0 Å². The zero-order valence-electron chi connectivity index (χ0n) is 11.1. The molecule has 2 amide bonds. The number of benzene rings is 1. The Bertz CT molecular complexity index is 688. The zero-order chi connectivity index (χ0) is 15.0. The highest BCUT2D eigenvalue weighted by Crippen LogP contribution is 2.26. The molecule has 1 aliphatic rings. The van der Waals surface area contributed by atoms with Gasteiger partial charge in [0.1, 0.15) is 0 Å². The van der Waals surface area contributed by atoms with E-state index in [4.69, 9.17) is 4.84 Å². The molecule has 2 heterocycles. The number of imide groups is 1. The Labute approximate surface area is 124 Å². The SMILES string of the molecule is CC(C(=O)ON1C(=O)c2ccccc2C1=O)c1cccs1. The Morgan fingerprint density at radius 1 is 1.10 bits per heavy atom. The maximum Gasteiger partial charge on any atom is 0.341 e. The van der Waals surface area contributed by atoms with Gasteiger partial charge in [-0.15, -0.1) is 11.3 Å². The molecule has 3 rings (SSSR count). The van der Waals surface area contributed by atoms with Gasteiger partial charge in [-0.25, -0.2) is 4.79 Å². The van der Waals surface area contributed by atoms with Crippen molar-refractivity contribution < 1.29 is 19.2 Å². The van der Waals surface area contributed by atoms with E-state index in [1.165, 1.54) is 23.5 Å². The van der Waals surface area contributed by atoms with E-state index in [-0.39, 0.29) is 11.1 Å². The Morgan fingerprint density at radius 2 is 1.71 bits per heavy atom. The van der Waals surface area contributed by atoms with Gasteiger partial charge in [0.05, 0.1) is 17.0 Å². The molecule has 0 fully saturated rings. The number of hydrogen-bond donors (Lipinski definition) is 0. The second-order valence-corrected chi connectivity index (χ2v) is 5.58. The maximum absolute atomic E-state index is 12.1. The summed E-state index contributed by atoms with van der Waals surface area (Å²) in [4.78, 5) is 42.1. The lowest BCUT2D eigenvalue weighted by molar-refractivity contribution is -0.169. The van der Waals surface area contributed by atoms with Crippen LogP contribution in [0.3, 0.4) is 0 Å². The van der Waals surface area contributed by atoms with E-state index < -0.39 is 23.7 Å². The fraction of sp³-hybridized carbons (Fsp3) is 0.133. The summed E-state index contributed by atoms with van der Waals surface area (Å²) in [6.07, 6.45) is 0. The van der Waals surface area contributed by atoms with Gasteiger partial charge < -0.3 is 4.84 Å². The first-order valence-corrected chi connectivity index (χ1v) is 7.20. The minimum atomic E-state index is -0.632. The Morgan fingerprint density at radius 3 is 2.24 bits per heavy atom. The number of rotatable bonds is 3. The van der Waals surface area contributed by atoms with Gasteiger partial charge in [0.15, 0.2) is 0 Å². The standard InChI is InChI=1S/C15H11NO4S/c1-9(12-7-4-8-21-12)15(19)20-16-13(17)10-5-2-3-6-11(10)14(16)18/h2-9H,1H3. The van der Waals surface area contributed by atoms with Crippen molar-refractivity contribution in [2.24, 2.45) is 0 Å². The first-order valence-electron chi connectivity index (χ1n) is 6.32. The number of thiophene rings is 1. The third-order valence-electron chi connectivity index (χ3n) is 3.26. The third-order valence-corrected chi connectivity index (χ3v) is 4.32. The summed E-state index contributed by atoms with van der Waals surface area (Å²) in [6.45, 7) is 1.67. The highest BCUT2D eigenvalue weighted by molar-refractivity contribution is 7.10. The molecule has 0 N–H and O–H groups in total. The normalized spacial score (nSPS) is 15.0. The van der Waals surface area contributed by atoms with Crippen LogP contribution in [0.15, 0.2) is 41.8 Å². The summed E-state index contributed by atoms with van der Waals surface area (Å²) < 4.78 is 0. The average Bonchev–Trinajstić information content (AvgIpc) is 3.11. The van der Waals surface area contributed by atoms with Crippen LogP contribution in [0.2, 0.25) is 0 Å². The molecule has 1 unspecified atom stereocenters. The van der Waals surface area contributed by atoms with Gasteiger partial charge >= 0.3 is 5.97 Å². The molecule has 106 valence electrons. The number of hydrogen-bond acceptors (Lipinski definition) is 5. The maximum atomic E-state index is 12.1. The molecule has 1 aromatic heterocycles. The molecule has 0 saturated heterocycles. The van der Waals surface area contributed by atoms with E-state index in [1.54, 1.807) is 25.1 Å². The van der Waals surface area contributed by atoms with Crippen LogP contribution in [0.4, 0.5) is 0 Å². The van der Waals surface area contributed by atoms with Crippen LogP contribution in [0.25, 0.3) is 0 Å². The van der Waals surface area contributed by atoms with E-state index in [0.29, 0.717) is 5.06 Å². The molecular formula is C15H11NO4S. The highest BCUT2D eigenvalue weighted by Gasteiger charge is 2.39. The predicted molar refractivity (Wildman–Crippen MR) is 75.8 cm³/mol. The number of nitrogens with zero attached hydrogens (tertiary/aromatic N) is 1. The van der Waals surface area contributed by atoms with E-state index >= 15 is 0 Å². The van der Waals surface area contributed by atoms with Crippen LogP contribution in [0.1, 0.15) is 38.4 Å². The van der Waals surface area contributed by atoms with E-state index in [9.17, 15) is 14.4 Å². The smallest absolute Gasteiger partial charge is 0.329 e. The van der Waals surface area contributed by atoms with Crippen molar-refractivity contribution in [2.45, 2.75) is 12.8 Å². The molecule has 21 heavy (non-hydrogen) atoms. The molecule has 0 bridgehead atoms. The number of fused-ring (bicyclic) bond motifs is 1. The summed E-state index contributed by atoms with van der Waals surface area (Å²) in [5, 5.41) is 2.39. The minimum absolute atomic E-state index is 0.249. The largest absolute Gasteiger partial charge is 0.341 e. The zero-order valence-corrected chi connectivity index (χ0v) is 11.9. The van der Waals surface area contributed by atoms with Crippen molar-refractivity contribution in [3.8, 4) is 0 Å². The second kappa shape index (κ2) is 5.14. The Balaban J connectivity index is 1.79. The second-order valence-electron chi connectivity index (χ2n) is 4.60.